The number of ether oxygens (including phenoxy) is 1. The highest BCUT2D eigenvalue weighted by atomic mass is 16.5. The number of benzene rings is 1. The molecule has 1 fully saturated rings. The number of aryl methyl sites for hydroxylation is 1. The van der Waals surface area contributed by atoms with Crippen molar-refractivity contribution in [3.63, 3.8) is 0 Å². The molecular weight excluding hydrogens is 392 g/mol. The normalized spacial score (nSPS) is 19.0. The van der Waals surface area contributed by atoms with Gasteiger partial charge < -0.3 is 15.2 Å². The summed E-state index contributed by atoms with van der Waals surface area (Å²) in [5, 5.41) is 17.2. The number of aromatic nitrogens is 3. The van der Waals surface area contributed by atoms with Crippen molar-refractivity contribution in [3.05, 3.63) is 77.4 Å². The van der Waals surface area contributed by atoms with Crippen LogP contribution in [-0.2, 0) is 17.6 Å². The van der Waals surface area contributed by atoms with Gasteiger partial charge in [-0.1, -0.05) is 19.1 Å². The number of rotatable bonds is 6. The minimum Gasteiger partial charge on any atom is -0.393 e. The van der Waals surface area contributed by atoms with E-state index in [2.05, 4.69) is 34.5 Å². The molecule has 0 aliphatic carbocycles. The molecule has 2 aromatic heterocycles. The maximum Gasteiger partial charge on any atom is 0.270 e. The van der Waals surface area contributed by atoms with Gasteiger partial charge in [0, 0.05) is 25.2 Å². The minimum atomic E-state index is -0.455. The first kappa shape index (κ1) is 21.2. The van der Waals surface area contributed by atoms with Crippen molar-refractivity contribution in [1.29, 1.82) is 0 Å². The molecule has 7 nitrogen and oxygen atoms in total. The van der Waals surface area contributed by atoms with Crippen LogP contribution in [0.2, 0.25) is 0 Å². The molecule has 7 heteroatoms. The van der Waals surface area contributed by atoms with Crippen molar-refractivity contribution in [1.82, 2.24) is 20.1 Å². The highest BCUT2D eigenvalue weighted by Crippen LogP contribution is 2.18. The van der Waals surface area contributed by atoms with Crippen LogP contribution in [0, 0.1) is 0 Å². The third-order valence-electron chi connectivity index (χ3n) is 5.60. The molecule has 2 N–H and O–H groups in total. The van der Waals surface area contributed by atoms with Gasteiger partial charge in [-0.2, -0.15) is 5.10 Å². The van der Waals surface area contributed by atoms with E-state index in [1.54, 1.807) is 12.4 Å². The Bertz CT molecular complexity index is 1000. The summed E-state index contributed by atoms with van der Waals surface area (Å²) >= 11 is 0. The van der Waals surface area contributed by atoms with Crippen LogP contribution in [0.25, 0.3) is 5.69 Å². The van der Waals surface area contributed by atoms with Gasteiger partial charge in [0.25, 0.3) is 5.91 Å². The smallest absolute Gasteiger partial charge is 0.270 e. The first-order chi connectivity index (χ1) is 15.1. The third-order valence-corrected chi connectivity index (χ3v) is 5.60. The van der Waals surface area contributed by atoms with Crippen molar-refractivity contribution in [2.24, 2.45) is 0 Å². The lowest BCUT2D eigenvalue weighted by atomic mass is 9.98. The highest BCUT2D eigenvalue weighted by Gasteiger charge is 2.22. The molecular formula is C24H28N4O3. The molecule has 0 saturated carbocycles. The molecule has 0 bridgehead atoms. The van der Waals surface area contributed by atoms with Crippen LogP contribution < -0.4 is 5.32 Å². The summed E-state index contributed by atoms with van der Waals surface area (Å²) in [6.07, 6.45) is 7.66. The Kier molecular flexibility index (Phi) is 6.74. The summed E-state index contributed by atoms with van der Waals surface area (Å²) < 4.78 is 7.31. The van der Waals surface area contributed by atoms with E-state index in [1.807, 2.05) is 35.1 Å². The Morgan fingerprint density at radius 2 is 2.13 bits per heavy atom. The van der Waals surface area contributed by atoms with Crippen molar-refractivity contribution in [2.75, 3.05) is 13.2 Å². The van der Waals surface area contributed by atoms with E-state index >= 15 is 0 Å². The van der Waals surface area contributed by atoms with E-state index in [0.29, 0.717) is 31.7 Å². The summed E-state index contributed by atoms with van der Waals surface area (Å²) in [7, 11) is 0. The van der Waals surface area contributed by atoms with Crippen LogP contribution in [0.15, 0.2) is 55.0 Å². The standard InChI is InChI=1S/C24H28N4O3/c1-2-18-15-25-23(24(30)27-20-14-22(29)8-11-31-16-20)13-19(18)12-17-4-6-21(7-5-17)28-10-3-9-26-28/h3-7,9-10,13,15,20,22,29H,2,8,11-12,14,16H2,1H3,(H,27,30)/t20-,22+/m1/s1. The zero-order valence-electron chi connectivity index (χ0n) is 17.7. The van der Waals surface area contributed by atoms with Gasteiger partial charge in [-0.15, -0.1) is 0 Å². The Balaban J connectivity index is 1.48. The van der Waals surface area contributed by atoms with E-state index in [-0.39, 0.29) is 11.9 Å². The number of aliphatic hydroxyl groups excluding tert-OH is 1. The molecule has 1 aliphatic heterocycles. The van der Waals surface area contributed by atoms with Gasteiger partial charge in [0.1, 0.15) is 5.69 Å². The Labute approximate surface area is 182 Å². The maximum absolute atomic E-state index is 12.8. The minimum absolute atomic E-state index is 0.212. The van der Waals surface area contributed by atoms with Crippen molar-refractivity contribution in [3.8, 4) is 5.69 Å². The average molecular weight is 421 g/mol. The maximum atomic E-state index is 12.8. The second-order valence-electron chi connectivity index (χ2n) is 7.91. The largest absolute Gasteiger partial charge is 0.393 e. The van der Waals surface area contributed by atoms with E-state index in [9.17, 15) is 9.90 Å². The molecule has 1 aliphatic rings. The molecule has 2 atom stereocenters. The number of hydrogen-bond acceptors (Lipinski definition) is 5. The summed E-state index contributed by atoms with van der Waals surface area (Å²) in [4.78, 5) is 17.2. The number of carbonyl (C=O) groups excluding carboxylic acids is 1. The van der Waals surface area contributed by atoms with Gasteiger partial charge in [-0.3, -0.25) is 9.78 Å². The SMILES string of the molecule is CCc1cnc(C(=O)N[C@H]2COCC[C@H](O)C2)cc1Cc1ccc(-n2cccn2)cc1. The predicted molar refractivity (Wildman–Crippen MR) is 117 cm³/mol. The number of carbonyl (C=O) groups is 1. The average Bonchev–Trinajstić information content (AvgIpc) is 3.24. The van der Waals surface area contributed by atoms with E-state index in [4.69, 9.17) is 4.74 Å². The number of nitrogens with one attached hydrogen (secondary N) is 1. The predicted octanol–water partition coefficient (Wildman–Crippen LogP) is 2.69. The number of nitrogens with zero attached hydrogens (tertiary/aromatic N) is 3. The first-order valence-electron chi connectivity index (χ1n) is 10.8. The van der Waals surface area contributed by atoms with Gasteiger partial charge in [0.05, 0.1) is 24.4 Å². The van der Waals surface area contributed by atoms with Gasteiger partial charge in [-0.05, 0) is 66.6 Å². The third kappa shape index (κ3) is 5.37. The number of hydrogen-bond donors (Lipinski definition) is 2. The fourth-order valence-corrected chi connectivity index (χ4v) is 3.86. The molecule has 1 aromatic carbocycles. The number of pyridine rings is 1. The van der Waals surface area contributed by atoms with Gasteiger partial charge in [0.2, 0.25) is 0 Å². The molecule has 31 heavy (non-hydrogen) atoms. The Morgan fingerprint density at radius 3 is 2.87 bits per heavy atom. The molecule has 3 heterocycles. The van der Waals surface area contributed by atoms with Crippen LogP contribution >= 0.6 is 0 Å². The van der Waals surface area contributed by atoms with Crippen LogP contribution in [0.4, 0.5) is 0 Å². The zero-order valence-corrected chi connectivity index (χ0v) is 17.7. The fraction of sp³-hybridized carbons (Fsp3) is 0.375. The fourth-order valence-electron chi connectivity index (χ4n) is 3.86. The Hall–Kier alpha value is -3.03. The molecule has 3 aromatic rings. The van der Waals surface area contributed by atoms with Gasteiger partial charge >= 0.3 is 0 Å². The highest BCUT2D eigenvalue weighted by molar-refractivity contribution is 5.92. The van der Waals surface area contributed by atoms with E-state index in [0.717, 1.165) is 35.2 Å². The van der Waals surface area contributed by atoms with Crippen molar-refractivity contribution >= 4 is 5.91 Å². The molecule has 0 unspecified atom stereocenters. The summed E-state index contributed by atoms with van der Waals surface area (Å²) in [5.41, 5.74) is 4.77. The summed E-state index contributed by atoms with van der Waals surface area (Å²) in [6, 6.07) is 11.8. The molecule has 162 valence electrons. The lowest BCUT2D eigenvalue weighted by Crippen LogP contribution is -2.39. The van der Waals surface area contributed by atoms with Gasteiger partial charge in [-0.25, -0.2) is 4.68 Å². The molecule has 0 radical (unpaired) electrons. The molecule has 1 amide bonds. The second-order valence-corrected chi connectivity index (χ2v) is 7.91. The van der Waals surface area contributed by atoms with Crippen LogP contribution in [0.5, 0.6) is 0 Å². The summed E-state index contributed by atoms with van der Waals surface area (Å²) in [5.74, 6) is -0.236. The van der Waals surface area contributed by atoms with Crippen LogP contribution in [0.1, 0.15) is 46.9 Å². The topological polar surface area (TPSA) is 89.3 Å². The molecule has 4 rings (SSSR count). The van der Waals surface area contributed by atoms with Crippen LogP contribution in [-0.4, -0.2) is 51.1 Å². The second kappa shape index (κ2) is 9.85. The monoisotopic (exact) mass is 420 g/mol. The van der Waals surface area contributed by atoms with Gasteiger partial charge in [0.15, 0.2) is 0 Å². The number of aliphatic hydroxyl groups is 1. The molecule has 0 spiro atoms. The summed E-state index contributed by atoms with van der Waals surface area (Å²) in [6.45, 7) is 3.01. The first-order valence-corrected chi connectivity index (χ1v) is 10.8. The lowest BCUT2D eigenvalue weighted by Gasteiger charge is -2.18. The number of amides is 1. The van der Waals surface area contributed by atoms with E-state index < -0.39 is 6.10 Å². The lowest BCUT2D eigenvalue weighted by molar-refractivity contribution is 0.0866. The van der Waals surface area contributed by atoms with E-state index in [1.165, 1.54) is 0 Å². The van der Waals surface area contributed by atoms with Crippen LogP contribution in [0.3, 0.4) is 0 Å². The quantitative estimate of drug-likeness (QED) is 0.640. The molecule has 1 saturated heterocycles. The zero-order chi connectivity index (χ0) is 21.6. The van der Waals surface area contributed by atoms with Crippen molar-refractivity contribution in [2.45, 2.75) is 44.8 Å². The van der Waals surface area contributed by atoms with Crippen molar-refractivity contribution < 1.29 is 14.6 Å². The Morgan fingerprint density at radius 1 is 1.29 bits per heavy atom.